The van der Waals surface area contributed by atoms with Gasteiger partial charge in [-0.1, -0.05) is 79.5 Å². The zero-order chi connectivity index (χ0) is 27.9. The zero-order valence-corrected chi connectivity index (χ0v) is 24.6. The van der Waals surface area contributed by atoms with Crippen molar-refractivity contribution in [2.45, 2.75) is 52.1 Å². The number of amides is 1. The average molecular weight is 545 g/mol. The van der Waals surface area contributed by atoms with Crippen molar-refractivity contribution >= 4 is 34.1 Å². The molecule has 0 fully saturated rings. The van der Waals surface area contributed by atoms with Crippen LogP contribution in [0.1, 0.15) is 48.4 Å². The van der Waals surface area contributed by atoms with Crippen molar-refractivity contribution in [3.8, 4) is 0 Å². The summed E-state index contributed by atoms with van der Waals surface area (Å²) in [6.45, 7) is 8.77. The number of aromatic nitrogens is 1. The highest BCUT2D eigenvalue weighted by molar-refractivity contribution is 6.31. The van der Waals surface area contributed by atoms with E-state index in [4.69, 9.17) is 11.6 Å². The van der Waals surface area contributed by atoms with E-state index in [0.29, 0.717) is 11.6 Å². The van der Waals surface area contributed by atoms with E-state index in [1.165, 1.54) is 11.1 Å². The summed E-state index contributed by atoms with van der Waals surface area (Å²) < 4.78 is 0. The molecule has 0 saturated carbocycles. The molecule has 2 unspecified atom stereocenters. The van der Waals surface area contributed by atoms with Gasteiger partial charge in [0.1, 0.15) is 0 Å². The van der Waals surface area contributed by atoms with Gasteiger partial charge >= 0.3 is 0 Å². The van der Waals surface area contributed by atoms with E-state index in [2.05, 4.69) is 80.4 Å². The predicted molar refractivity (Wildman–Crippen MR) is 165 cm³/mol. The number of aryl methyl sites for hydroxylation is 2. The number of nitrogens with one attached hydrogen (secondary N) is 2. The summed E-state index contributed by atoms with van der Waals surface area (Å²) in [5.41, 5.74) is 6.74. The first-order valence-corrected chi connectivity index (χ1v) is 14.3. The van der Waals surface area contributed by atoms with Crippen molar-refractivity contribution in [3.63, 3.8) is 0 Å². The van der Waals surface area contributed by atoms with Crippen molar-refractivity contribution < 1.29 is 4.79 Å². The van der Waals surface area contributed by atoms with Crippen molar-refractivity contribution in [2.75, 3.05) is 32.1 Å². The lowest BCUT2D eigenvalue weighted by Crippen LogP contribution is -2.50. The second-order valence-corrected chi connectivity index (χ2v) is 11.1. The van der Waals surface area contributed by atoms with Gasteiger partial charge in [0.15, 0.2) is 0 Å². The number of halogens is 1. The molecule has 2 heterocycles. The summed E-state index contributed by atoms with van der Waals surface area (Å²) in [5.74, 6) is 0.0663. The lowest BCUT2D eigenvalue weighted by atomic mass is 9.90. The predicted octanol–water partition coefficient (Wildman–Crippen LogP) is 6.94. The molecule has 1 aliphatic rings. The van der Waals surface area contributed by atoms with Gasteiger partial charge in [0.25, 0.3) is 0 Å². The minimum atomic E-state index is -0.400. The molecule has 0 aliphatic carbocycles. The third kappa shape index (κ3) is 6.91. The Labute approximate surface area is 238 Å². The lowest BCUT2D eigenvalue weighted by molar-refractivity contribution is -0.121. The molecule has 206 valence electrons. The average Bonchev–Trinajstić information content (AvgIpc) is 3.38. The quantitative estimate of drug-likeness (QED) is 0.265. The van der Waals surface area contributed by atoms with Gasteiger partial charge in [-0.25, -0.2) is 0 Å². The van der Waals surface area contributed by atoms with Crippen LogP contribution in [-0.4, -0.2) is 49.0 Å². The van der Waals surface area contributed by atoms with Gasteiger partial charge in [-0.3, -0.25) is 4.79 Å². The molecule has 5 nitrogen and oxygen atoms in total. The second-order valence-electron chi connectivity index (χ2n) is 10.6. The smallest absolute Gasteiger partial charge is 0.244 e. The lowest BCUT2D eigenvalue weighted by Gasteiger charge is -2.35. The van der Waals surface area contributed by atoms with Gasteiger partial charge in [-0.05, 0) is 75.3 Å². The molecule has 0 radical (unpaired) electrons. The highest BCUT2D eigenvalue weighted by atomic mass is 35.5. The van der Waals surface area contributed by atoms with Gasteiger partial charge in [0.2, 0.25) is 5.91 Å². The fourth-order valence-electron chi connectivity index (χ4n) is 5.11. The minimum absolute atomic E-state index is 0.0398. The molecular formula is C33H41ClN4O. The molecule has 0 bridgehead atoms. The SMILES string of the molecule is CCN(C)C.Cc1ccc2c(c1)CCCN2C(=O)C(NCc1ccccc1Cl)C(C)c1c[nH]c2ccccc12. The van der Waals surface area contributed by atoms with Gasteiger partial charge < -0.3 is 20.1 Å². The van der Waals surface area contributed by atoms with Crippen LogP contribution in [0.5, 0.6) is 0 Å². The second kappa shape index (κ2) is 13.3. The van der Waals surface area contributed by atoms with E-state index in [1.54, 1.807) is 0 Å². The maximum atomic E-state index is 14.1. The standard InChI is InChI=1S/C29H30ClN3O.C4H11N/c1-19-13-14-27-21(16-19)9-7-15-33(27)29(34)28(32-17-22-8-3-5-11-25(22)30)20(2)24-18-31-26-12-6-4-10-23(24)26;1-4-5(2)3/h3-6,8,10-14,16,18,20,28,31-32H,7,9,15,17H2,1-2H3;4H2,1-3H3. The number of aromatic amines is 1. The Balaban J connectivity index is 0.000000648. The van der Waals surface area contributed by atoms with Crippen LogP contribution in [0.3, 0.4) is 0 Å². The van der Waals surface area contributed by atoms with E-state index in [9.17, 15) is 4.79 Å². The number of rotatable bonds is 7. The molecular weight excluding hydrogens is 504 g/mol. The van der Waals surface area contributed by atoms with Crippen LogP contribution in [0.4, 0.5) is 5.69 Å². The first kappa shape index (κ1) is 28.9. The third-order valence-electron chi connectivity index (χ3n) is 7.60. The van der Waals surface area contributed by atoms with Crippen LogP contribution < -0.4 is 10.2 Å². The molecule has 39 heavy (non-hydrogen) atoms. The number of anilines is 1. The Morgan fingerprint density at radius 3 is 2.56 bits per heavy atom. The molecule has 1 aliphatic heterocycles. The van der Waals surface area contributed by atoms with E-state index < -0.39 is 6.04 Å². The van der Waals surface area contributed by atoms with Crippen molar-refractivity contribution in [3.05, 3.63) is 100 Å². The van der Waals surface area contributed by atoms with Gasteiger partial charge in [0, 0.05) is 46.8 Å². The summed E-state index contributed by atoms with van der Waals surface area (Å²) in [4.78, 5) is 21.6. The molecule has 4 aromatic rings. The van der Waals surface area contributed by atoms with E-state index >= 15 is 0 Å². The summed E-state index contributed by atoms with van der Waals surface area (Å²) in [5, 5.41) is 5.44. The minimum Gasteiger partial charge on any atom is -0.361 e. The van der Waals surface area contributed by atoms with Gasteiger partial charge in [0.05, 0.1) is 6.04 Å². The number of para-hydroxylation sites is 1. The highest BCUT2D eigenvalue weighted by Crippen LogP contribution is 2.33. The summed E-state index contributed by atoms with van der Waals surface area (Å²) >= 11 is 6.43. The Morgan fingerprint density at radius 2 is 1.82 bits per heavy atom. The van der Waals surface area contributed by atoms with Crippen molar-refractivity contribution in [1.29, 1.82) is 0 Å². The third-order valence-corrected chi connectivity index (χ3v) is 7.97. The van der Waals surface area contributed by atoms with E-state index in [0.717, 1.165) is 53.6 Å². The normalized spacial score (nSPS) is 14.5. The number of H-pyrrole nitrogens is 1. The van der Waals surface area contributed by atoms with Crippen LogP contribution >= 0.6 is 11.6 Å². The molecule has 5 rings (SSSR count). The molecule has 6 heteroatoms. The topological polar surface area (TPSA) is 51.4 Å². The van der Waals surface area contributed by atoms with E-state index in [1.807, 2.05) is 47.5 Å². The largest absolute Gasteiger partial charge is 0.361 e. The van der Waals surface area contributed by atoms with Crippen molar-refractivity contribution in [2.24, 2.45) is 0 Å². The van der Waals surface area contributed by atoms with Gasteiger partial charge in [-0.15, -0.1) is 0 Å². The number of carbonyl (C=O) groups is 1. The maximum Gasteiger partial charge on any atom is 0.244 e. The molecule has 2 atom stereocenters. The van der Waals surface area contributed by atoms with E-state index in [-0.39, 0.29) is 11.8 Å². The van der Waals surface area contributed by atoms with Crippen LogP contribution in [-0.2, 0) is 17.8 Å². The van der Waals surface area contributed by atoms with Crippen molar-refractivity contribution in [1.82, 2.24) is 15.2 Å². The number of hydrogen-bond donors (Lipinski definition) is 2. The number of carbonyl (C=O) groups excluding carboxylic acids is 1. The maximum absolute atomic E-state index is 14.1. The number of hydrogen-bond acceptors (Lipinski definition) is 3. The first-order chi connectivity index (χ1) is 18.8. The Morgan fingerprint density at radius 1 is 1.10 bits per heavy atom. The summed E-state index contributed by atoms with van der Waals surface area (Å²) in [7, 11) is 4.11. The van der Waals surface area contributed by atoms with Gasteiger partial charge in [-0.2, -0.15) is 0 Å². The Hall–Kier alpha value is -3.12. The monoisotopic (exact) mass is 544 g/mol. The fraction of sp³-hybridized carbons (Fsp3) is 0.364. The number of benzene rings is 3. The first-order valence-electron chi connectivity index (χ1n) is 13.9. The molecule has 1 amide bonds. The fourth-order valence-corrected chi connectivity index (χ4v) is 5.32. The van der Waals surface area contributed by atoms with Crippen LogP contribution in [0.25, 0.3) is 10.9 Å². The highest BCUT2D eigenvalue weighted by Gasteiger charge is 2.33. The molecule has 2 N–H and O–H groups in total. The summed E-state index contributed by atoms with van der Waals surface area (Å²) in [6.07, 6.45) is 4.03. The Bertz CT molecular complexity index is 1400. The van der Waals surface area contributed by atoms with Crippen LogP contribution in [0, 0.1) is 6.92 Å². The van der Waals surface area contributed by atoms with Crippen LogP contribution in [0.15, 0.2) is 72.9 Å². The molecule has 1 aromatic heterocycles. The molecule has 3 aromatic carbocycles. The summed E-state index contributed by atoms with van der Waals surface area (Å²) in [6, 6.07) is 22.1. The number of nitrogens with zero attached hydrogens (tertiary/aromatic N) is 2. The molecule has 0 spiro atoms. The van der Waals surface area contributed by atoms with Crippen LogP contribution in [0.2, 0.25) is 5.02 Å². The zero-order valence-electron chi connectivity index (χ0n) is 23.8. The number of fused-ring (bicyclic) bond motifs is 2. The Kier molecular flexibility index (Phi) is 9.84. The molecule has 0 saturated heterocycles.